The molecular formula is C27H27FN2O4. The van der Waals surface area contributed by atoms with Crippen molar-refractivity contribution in [2.75, 3.05) is 26.7 Å². The van der Waals surface area contributed by atoms with E-state index in [1.165, 1.54) is 12.1 Å². The van der Waals surface area contributed by atoms with E-state index in [-0.39, 0.29) is 30.3 Å². The van der Waals surface area contributed by atoms with E-state index in [0.29, 0.717) is 36.7 Å². The number of ether oxygens (including phenoxy) is 2. The second-order valence-corrected chi connectivity index (χ2v) is 8.16. The van der Waals surface area contributed by atoms with E-state index < -0.39 is 0 Å². The van der Waals surface area contributed by atoms with Gasteiger partial charge in [0.1, 0.15) is 23.9 Å². The van der Waals surface area contributed by atoms with Gasteiger partial charge in [0.2, 0.25) is 5.91 Å². The van der Waals surface area contributed by atoms with Crippen LogP contribution in [-0.4, -0.2) is 48.4 Å². The number of halogens is 1. The maximum Gasteiger partial charge on any atom is 0.254 e. The molecule has 0 aliphatic carbocycles. The van der Waals surface area contributed by atoms with Crippen molar-refractivity contribution in [3.63, 3.8) is 0 Å². The van der Waals surface area contributed by atoms with Gasteiger partial charge in [-0.15, -0.1) is 0 Å². The summed E-state index contributed by atoms with van der Waals surface area (Å²) in [7, 11) is 1.60. The molecule has 2 amide bonds. The van der Waals surface area contributed by atoms with Crippen molar-refractivity contribution in [2.45, 2.75) is 19.6 Å². The summed E-state index contributed by atoms with van der Waals surface area (Å²) in [5.41, 5.74) is 2.18. The number of benzene rings is 3. The van der Waals surface area contributed by atoms with Crippen LogP contribution in [0.3, 0.4) is 0 Å². The Kier molecular flexibility index (Phi) is 7.11. The molecule has 0 spiro atoms. The van der Waals surface area contributed by atoms with Crippen LogP contribution in [0.15, 0.2) is 72.8 Å². The Hall–Kier alpha value is -3.87. The Morgan fingerprint density at radius 3 is 2.50 bits per heavy atom. The van der Waals surface area contributed by atoms with Gasteiger partial charge in [-0.25, -0.2) is 4.39 Å². The van der Waals surface area contributed by atoms with E-state index in [1.807, 2.05) is 24.3 Å². The third-order valence-electron chi connectivity index (χ3n) is 5.98. The highest BCUT2D eigenvalue weighted by Gasteiger charge is 2.34. The van der Waals surface area contributed by atoms with Crippen LogP contribution in [0, 0.1) is 5.82 Å². The fourth-order valence-corrected chi connectivity index (χ4v) is 4.15. The summed E-state index contributed by atoms with van der Waals surface area (Å²) in [4.78, 5) is 29.2. The number of nitrogens with zero attached hydrogens (tertiary/aromatic N) is 2. The van der Waals surface area contributed by atoms with Gasteiger partial charge in [-0.2, -0.15) is 0 Å². The number of methoxy groups -OCH3 is 1. The molecule has 0 N–H and O–H groups in total. The van der Waals surface area contributed by atoms with Gasteiger partial charge >= 0.3 is 0 Å². The van der Waals surface area contributed by atoms with Gasteiger partial charge in [-0.05, 0) is 42.0 Å². The molecule has 34 heavy (non-hydrogen) atoms. The van der Waals surface area contributed by atoms with Gasteiger partial charge in [0, 0.05) is 37.7 Å². The summed E-state index contributed by atoms with van der Waals surface area (Å²) >= 11 is 0. The summed E-state index contributed by atoms with van der Waals surface area (Å²) in [6.07, 6.45) is 0. The number of rotatable bonds is 6. The SMILES string of the molecule is COc1ccccc1[C@H]1CN(C(C)=O)CCN1C(=O)c1cccc(OCc2ccc(F)cc2)c1. The largest absolute Gasteiger partial charge is 0.496 e. The lowest BCUT2D eigenvalue weighted by atomic mass is 9.99. The summed E-state index contributed by atoms with van der Waals surface area (Å²) in [5, 5.41) is 0. The standard InChI is InChI=1S/C27H27FN2O4/c1-19(31)29-14-15-30(25(17-29)24-8-3-4-9-26(24)33-2)27(32)21-6-5-7-23(16-21)34-18-20-10-12-22(28)13-11-20/h3-13,16,25H,14-15,17-18H2,1-2H3/t25-/m1/s1. The second kappa shape index (κ2) is 10.4. The van der Waals surface area contributed by atoms with Gasteiger partial charge in [0.15, 0.2) is 0 Å². The predicted octanol–water partition coefficient (Wildman–Crippen LogP) is 4.46. The molecule has 0 saturated carbocycles. The topological polar surface area (TPSA) is 59.1 Å². The molecule has 1 atom stereocenters. The van der Waals surface area contributed by atoms with Gasteiger partial charge in [0.25, 0.3) is 5.91 Å². The molecule has 4 rings (SSSR count). The van der Waals surface area contributed by atoms with Crippen LogP contribution < -0.4 is 9.47 Å². The third-order valence-corrected chi connectivity index (χ3v) is 5.98. The van der Waals surface area contributed by atoms with Crippen LogP contribution in [0.4, 0.5) is 4.39 Å². The number of amides is 2. The molecule has 0 unspecified atom stereocenters. The fraction of sp³-hybridized carbons (Fsp3) is 0.259. The summed E-state index contributed by atoms with van der Waals surface area (Å²) in [5.74, 6) is 0.749. The van der Waals surface area contributed by atoms with Crippen LogP contribution in [0.2, 0.25) is 0 Å². The van der Waals surface area contributed by atoms with Gasteiger partial charge < -0.3 is 19.3 Å². The maximum atomic E-state index is 13.6. The zero-order valence-electron chi connectivity index (χ0n) is 19.2. The molecule has 1 aliphatic heterocycles. The van der Waals surface area contributed by atoms with Crippen molar-refractivity contribution in [1.29, 1.82) is 0 Å². The molecule has 0 radical (unpaired) electrons. The highest BCUT2D eigenvalue weighted by Crippen LogP contribution is 2.33. The van der Waals surface area contributed by atoms with E-state index in [4.69, 9.17) is 9.47 Å². The van der Waals surface area contributed by atoms with Crippen molar-refractivity contribution in [3.05, 3.63) is 95.3 Å². The van der Waals surface area contributed by atoms with Gasteiger partial charge in [-0.1, -0.05) is 36.4 Å². The number of piperazine rings is 1. The Morgan fingerprint density at radius 1 is 1.00 bits per heavy atom. The van der Waals surface area contributed by atoms with Crippen LogP contribution >= 0.6 is 0 Å². The van der Waals surface area contributed by atoms with E-state index in [2.05, 4.69) is 0 Å². The van der Waals surface area contributed by atoms with Crippen LogP contribution in [0.5, 0.6) is 11.5 Å². The first-order valence-corrected chi connectivity index (χ1v) is 11.1. The van der Waals surface area contributed by atoms with E-state index in [0.717, 1.165) is 11.1 Å². The first-order chi connectivity index (χ1) is 16.5. The van der Waals surface area contributed by atoms with E-state index in [9.17, 15) is 14.0 Å². The Balaban J connectivity index is 1.56. The normalized spacial score (nSPS) is 15.7. The number of para-hydroxylation sites is 1. The maximum absolute atomic E-state index is 13.6. The van der Waals surface area contributed by atoms with Crippen LogP contribution in [-0.2, 0) is 11.4 Å². The number of hydrogen-bond acceptors (Lipinski definition) is 4. The molecule has 6 nitrogen and oxygen atoms in total. The lowest BCUT2D eigenvalue weighted by Gasteiger charge is -2.41. The molecule has 0 aromatic heterocycles. The predicted molar refractivity (Wildman–Crippen MR) is 126 cm³/mol. The molecule has 1 saturated heterocycles. The summed E-state index contributed by atoms with van der Waals surface area (Å²) in [6.45, 7) is 3.06. The lowest BCUT2D eigenvalue weighted by Crippen LogP contribution is -2.52. The molecule has 3 aromatic rings. The molecule has 176 valence electrons. The molecule has 1 fully saturated rings. The van der Waals surface area contributed by atoms with Crippen molar-refractivity contribution < 1.29 is 23.5 Å². The monoisotopic (exact) mass is 462 g/mol. The van der Waals surface area contributed by atoms with Crippen LogP contribution in [0.1, 0.15) is 34.5 Å². The molecule has 1 aliphatic rings. The average Bonchev–Trinajstić information content (AvgIpc) is 2.87. The summed E-state index contributed by atoms with van der Waals surface area (Å²) in [6, 6.07) is 20.3. The van der Waals surface area contributed by atoms with Gasteiger partial charge in [0.05, 0.1) is 13.2 Å². The van der Waals surface area contributed by atoms with E-state index in [1.54, 1.807) is 60.2 Å². The summed E-state index contributed by atoms with van der Waals surface area (Å²) < 4.78 is 24.5. The molecule has 3 aromatic carbocycles. The molecule has 0 bridgehead atoms. The fourth-order valence-electron chi connectivity index (χ4n) is 4.15. The number of hydrogen-bond donors (Lipinski definition) is 0. The highest BCUT2D eigenvalue weighted by molar-refractivity contribution is 5.95. The number of carbonyl (C=O) groups is 2. The average molecular weight is 463 g/mol. The van der Waals surface area contributed by atoms with Gasteiger partial charge in [-0.3, -0.25) is 9.59 Å². The first kappa shape index (κ1) is 23.3. The minimum atomic E-state index is -0.343. The van der Waals surface area contributed by atoms with Crippen molar-refractivity contribution in [1.82, 2.24) is 9.80 Å². The zero-order valence-corrected chi connectivity index (χ0v) is 19.2. The smallest absolute Gasteiger partial charge is 0.254 e. The Labute approximate surface area is 198 Å². The number of carbonyl (C=O) groups excluding carboxylic acids is 2. The van der Waals surface area contributed by atoms with Crippen LogP contribution in [0.25, 0.3) is 0 Å². The zero-order chi connectivity index (χ0) is 24.1. The third kappa shape index (κ3) is 5.20. The lowest BCUT2D eigenvalue weighted by molar-refractivity contribution is -0.131. The second-order valence-electron chi connectivity index (χ2n) is 8.16. The molecule has 1 heterocycles. The van der Waals surface area contributed by atoms with E-state index >= 15 is 0 Å². The molecular weight excluding hydrogens is 435 g/mol. The van der Waals surface area contributed by atoms with Crippen molar-refractivity contribution in [3.8, 4) is 11.5 Å². The van der Waals surface area contributed by atoms with Crippen molar-refractivity contribution in [2.24, 2.45) is 0 Å². The van der Waals surface area contributed by atoms with Crippen molar-refractivity contribution >= 4 is 11.8 Å². The minimum Gasteiger partial charge on any atom is -0.496 e. The quantitative estimate of drug-likeness (QED) is 0.543. The highest BCUT2D eigenvalue weighted by atomic mass is 19.1. The minimum absolute atomic E-state index is 0.0248. The Bertz CT molecular complexity index is 1170. The first-order valence-electron chi connectivity index (χ1n) is 11.1. The Morgan fingerprint density at radius 2 is 1.76 bits per heavy atom. The molecule has 7 heteroatoms.